The number of nitrogens with zero attached hydrogens (tertiary/aromatic N) is 1. The average Bonchev–Trinajstić information content (AvgIpc) is 2.54. The van der Waals surface area contributed by atoms with Gasteiger partial charge in [0.05, 0.1) is 6.04 Å². The van der Waals surface area contributed by atoms with Gasteiger partial charge in [-0.3, -0.25) is 9.78 Å². The van der Waals surface area contributed by atoms with Crippen LogP contribution >= 0.6 is 0 Å². The van der Waals surface area contributed by atoms with Crippen molar-refractivity contribution >= 4 is 5.91 Å². The summed E-state index contributed by atoms with van der Waals surface area (Å²) in [7, 11) is 0. The van der Waals surface area contributed by atoms with Crippen molar-refractivity contribution in [3.63, 3.8) is 0 Å². The Hall–Kier alpha value is -2.20. The molecule has 0 aliphatic heterocycles. The van der Waals surface area contributed by atoms with Gasteiger partial charge in [0.2, 0.25) is 5.91 Å². The molecular formula is C17H21N3O. The van der Waals surface area contributed by atoms with Crippen molar-refractivity contribution in [2.24, 2.45) is 5.73 Å². The van der Waals surface area contributed by atoms with E-state index in [9.17, 15) is 4.79 Å². The summed E-state index contributed by atoms with van der Waals surface area (Å²) in [5, 5.41) is 2.88. The molecule has 4 nitrogen and oxygen atoms in total. The largest absolute Gasteiger partial charge is 0.354 e. The van der Waals surface area contributed by atoms with Crippen molar-refractivity contribution < 1.29 is 4.79 Å². The molecule has 0 aliphatic carbocycles. The zero-order valence-corrected chi connectivity index (χ0v) is 12.0. The van der Waals surface area contributed by atoms with Crippen molar-refractivity contribution in [2.75, 3.05) is 6.54 Å². The summed E-state index contributed by atoms with van der Waals surface area (Å²) in [6.07, 6.45) is 5.79. The Balaban J connectivity index is 1.68. The van der Waals surface area contributed by atoms with Crippen LogP contribution in [0.2, 0.25) is 0 Å². The van der Waals surface area contributed by atoms with E-state index in [-0.39, 0.29) is 5.91 Å². The molecule has 0 radical (unpaired) electrons. The first-order valence-electron chi connectivity index (χ1n) is 7.22. The van der Waals surface area contributed by atoms with Gasteiger partial charge < -0.3 is 11.1 Å². The number of nitrogens with two attached hydrogens (primary N) is 1. The van der Waals surface area contributed by atoms with Crippen LogP contribution in [0.5, 0.6) is 0 Å². The average molecular weight is 283 g/mol. The SMILES string of the molecule is NC(CCc1ccccc1)C(=O)NCCc1cccnc1. The highest BCUT2D eigenvalue weighted by atomic mass is 16.2. The molecule has 0 saturated heterocycles. The van der Waals surface area contributed by atoms with Crippen molar-refractivity contribution in [1.82, 2.24) is 10.3 Å². The summed E-state index contributed by atoms with van der Waals surface area (Å²) in [6, 6.07) is 13.5. The molecule has 1 heterocycles. The van der Waals surface area contributed by atoms with Crippen LogP contribution in [0.4, 0.5) is 0 Å². The molecule has 110 valence electrons. The van der Waals surface area contributed by atoms with E-state index in [4.69, 9.17) is 5.73 Å². The van der Waals surface area contributed by atoms with Crippen molar-refractivity contribution in [1.29, 1.82) is 0 Å². The van der Waals surface area contributed by atoms with Crippen LogP contribution in [0, 0.1) is 0 Å². The molecule has 0 aliphatic rings. The standard InChI is InChI=1S/C17H21N3O/c18-16(9-8-14-5-2-1-3-6-14)17(21)20-12-10-15-7-4-11-19-13-15/h1-7,11,13,16H,8-10,12,18H2,(H,20,21). The smallest absolute Gasteiger partial charge is 0.236 e. The number of carbonyl (C=O) groups excluding carboxylic acids is 1. The number of hydrogen-bond acceptors (Lipinski definition) is 3. The lowest BCUT2D eigenvalue weighted by molar-refractivity contribution is -0.122. The molecule has 4 heteroatoms. The fourth-order valence-electron chi connectivity index (χ4n) is 2.11. The lowest BCUT2D eigenvalue weighted by Gasteiger charge is -2.12. The van der Waals surface area contributed by atoms with Gasteiger partial charge in [-0.25, -0.2) is 0 Å². The fourth-order valence-corrected chi connectivity index (χ4v) is 2.11. The Kier molecular flexibility index (Phi) is 5.91. The Bertz CT molecular complexity index is 542. The lowest BCUT2D eigenvalue weighted by atomic mass is 10.1. The van der Waals surface area contributed by atoms with Gasteiger partial charge in [0, 0.05) is 18.9 Å². The highest BCUT2D eigenvalue weighted by molar-refractivity contribution is 5.81. The maximum Gasteiger partial charge on any atom is 0.236 e. The normalized spacial score (nSPS) is 11.9. The third-order valence-corrected chi connectivity index (χ3v) is 3.36. The summed E-state index contributed by atoms with van der Waals surface area (Å²) in [5.41, 5.74) is 8.23. The number of amides is 1. The van der Waals surface area contributed by atoms with E-state index in [0.29, 0.717) is 13.0 Å². The van der Waals surface area contributed by atoms with Crippen LogP contribution in [-0.4, -0.2) is 23.5 Å². The number of nitrogens with one attached hydrogen (secondary N) is 1. The minimum atomic E-state index is -0.459. The fraction of sp³-hybridized carbons (Fsp3) is 0.294. The van der Waals surface area contributed by atoms with E-state index < -0.39 is 6.04 Å². The van der Waals surface area contributed by atoms with Crippen LogP contribution in [0.1, 0.15) is 17.5 Å². The minimum Gasteiger partial charge on any atom is -0.354 e. The van der Waals surface area contributed by atoms with Crippen LogP contribution in [-0.2, 0) is 17.6 Å². The summed E-state index contributed by atoms with van der Waals surface area (Å²) in [4.78, 5) is 15.9. The third-order valence-electron chi connectivity index (χ3n) is 3.36. The molecule has 1 atom stereocenters. The predicted octanol–water partition coefficient (Wildman–Crippen LogP) is 1.70. The van der Waals surface area contributed by atoms with E-state index in [1.54, 1.807) is 6.20 Å². The monoisotopic (exact) mass is 283 g/mol. The molecule has 21 heavy (non-hydrogen) atoms. The van der Waals surface area contributed by atoms with Gasteiger partial charge in [-0.1, -0.05) is 36.4 Å². The van der Waals surface area contributed by atoms with E-state index in [1.165, 1.54) is 5.56 Å². The predicted molar refractivity (Wildman–Crippen MR) is 83.7 cm³/mol. The maximum absolute atomic E-state index is 11.9. The van der Waals surface area contributed by atoms with Crippen LogP contribution in [0.15, 0.2) is 54.9 Å². The summed E-state index contributed by atoms with van der Waals surface area (Å²) in [6.45, 7) is 0.587. The van der Waals surface area contributed by atoms with Gasteiger partial charge in [0.15, 0.2) is 0 Å². The molecule has 2 aromatic rings. The zero-order valence-electron chi connectivity index (χ0n) is 12.0. The van der Waals surface area contributed by atoms with Crippen LogP contribution < -0.4 is 11.1 Å². The summed E-state index contributed by atoms with van der Waals surface area (Å²) >= 11 is 0. The zero-order chi connectivity index (χ0) is 14.9. The third kappa shape index (κ3) is 5.36. The maximum atomic E-state index is 11.9. The first-order valence-corrected chi connectivity index (χ1v) is 7.22. The lowest BCUT2D eigenvalue weighted by Crippen LogP contribution is -2.41. The molecular weight excluding hydrogens is 262 g/mol. The van der Waals surface area contributed by atoms with Gasteiger partial charge in [0.25, 0.3) is 0 Å². The Labute approximate surface area is 125 Å². The van der Waals surface area contributed by atoms with E-state index in [0.717, 1.165) is 18.4 Å². The second-order valence-corrected chi connectivity index (χ2v) is 5.03. The number of aromatic nitrogens is 1. The number of aryl methyl sites for hydroxylation is 1. The van der Waals surface area contributed by atoms with Gasteiger partial charge in [-0.15, -0.1) is 0 Å². The van der Waals surface area contributed by atoms with Crippen molar-refractivity contribution in [3.8, 4) is 0 Å². The van der Waals surface area contributed by atoms with Crippen LogP contribution in [0.3, 0.4) is 0 Å². The second-order valence-electron chi connectivity index (χ2n) is 5.03. The quantitative estimate of drug-likeness (QED) is 0.812. The Morgan fingerprint density at radius 1 is 1.10 bits per heavy atom. The number of pyridine rings is 1. The molecule has 2 rings (SSSR count). The second kappa shape index (κ2) is 8.17. The van der Waals surface area contributed by atoms with Gasteiger partial charge in [-0.2, -0.15) is 0 Å². The van der Waals surface area contributed by atoms with E-state index in [2.05, 4.69) is 10.3 Å². The molecule has 3 N–H and O–H groups in total. The minimum absolute atomic E-state index is 0.0881. The summed E-state index contributed by atoms with van der Waals surface area (Å²) < 4.78 is 0. The van der Waals surface area contributed by atoms with E-state index in [1.807, 2.05) is 48.7 Å². The molecule has 1 aromatic carbocycles. The molecule has 1 aromatic heterocycles. The highest BCUT2D eigenvalue weighted by Gasteiger charge is 2.12. The van der Waals surface area contributed by atoms with Gasteiger partial charge >= 0.3 is 0 Å². The summed E-state index contributed by atoms with van der Waals surface area (Å²) in [5.74, 6) is -0.0881. The molecule has 0 fully saturated rings. The number of rotatable bonds is 7. The molecule has 0 spiro atoms. The van der Waals surface area contributed by atoms with Gasteiger partial charge in [-0.05, 0) is 36.5 Å². The first-order chi connectivity index (χ1) is 10.3. The molecule has 1 unspecified atom stereocenters. The molecule has 0 bridgehead atoms. The first kappa shape index (κ1) is 15.2. The van der Waals surface area contributed by atoms with Crippen LogP contribution in [0.25, 0.3) is 0 Å². The number of carbonyl (C=O) groups is 1. The Morgan fingerprint density at radius 2 is 1.86 bits per heavy atom. The number of benzene rings is 1. The number of hydrogen-bond donors (Lipinski definition) is 2. The van der Waals surface area contributed by atoms with Crippen molar-refractivity contribution in [2.45, 2.75) is 25.3 Å². The molecule has 0 saturated carbocycles. The highest BCUT2D eigenvalue weighted by Crippen LogP contribution is 2.04. The van der Waals surface area contributed by atoms with Gasteiger partial charge in [0.1, 0.15) is 0 Å². The van der Waals surface area contributed by atoms with Crippen molar-refractivity contribution in [3.05, 3.63) is 66.0 Å². The molecule has 1 amide bonds. The Morgan fingerprint density at radius 3 is 2.57 bits per heavy atom. The topological polar surface area (TPSA) is 68.0 Å². The van der Waals surface area contributed by atoms with E-state index >= 15 is 0 Å².